The number of nitrogens with zero attached hydrogens (tertiary/aromatic N) is 2. The van der Waals surface area contributed by atoms with E-state index in [1.807, 2.05) is 17.2 Å². The molecule has 0 aromatic heterocycles. The van der Waals surface area contributed by atoms with Gasteiger partial charge in [-0.25, -0.2) is 9.80 Å². The van der Waals surface area contributed by atoms with Crippen LogP contribution >= 0.6 is 0 Å². The first-order chi connectivity index (χ1) is 13.0. The van der Waals surface area contributed by atoms with Gasteiger partial charge < -0.3 is 10.2 Å². The van der Waals surface area contributed by atoms with Crippen LogP contribution in [-0.2, 0) is 11.2 Å². The summed E-state index contributed by atoms with van der Waals surface area (Å²) in [4.78, 5) is 23.1. The molecule has 1 amide bonds. The van der Waals surface area contributed by atoms with Crippen LogP contribution in [0.15, 0.2) is 36.4 Å². The van der Waals surface area contributed by atoms with Gasteiger partial charge in [-0.2, -0.15) is 0 Å². The summed E-state index contributed by atoms with van der Waals surface area (Å²) < 4.78 is 0. The second-order valence-electron chi connectivity index (χ2n) is 6.92. The van der Waals surface area contributed by atoms with Crippen molar-refractivity contribution in [2.45, 2.75) is 51.6 Å². The molecule has 1 fully saturated rings. The molecular formula is C21H30N2O4. The number of hydrazine groups is 1. The van der Waals surface area contributed by atoms with Gasteiger partial charge in [0, 0.05) is 26.1 Å². The van der Waals surface area contributed by atoms with E-state index in [1.54, 1.807) is 29.3 Å². The Bertz CT molecular complexity index is 642. The van der Waals surface area contributed by atoms with Gasteiger partial charge in [-0.3, -0.25) is 9.80 Å². The average Bonchev–Trinajstić information content (AvgIpc) is 3.00. The standard InChI is InChI=1S/C21H30N2O4/c1-2-3-4-6-19(24)7-5-14-22-15-13-20(25)23(22)16-12-17-8-10-18(11-9-17)21(26)27/h5,7-11,19,24H,2-4,6,12-16H2,1H3,(H,26,27). The molecule has 0 saturated carbocycles. The Hall–Kier alpha value is -2.18. The number of aliphatic hydroxyl groups excluding tert-OH is 1. The molecule has 1 aromatic carbocycles. The number of hydrogen-bond donors (Lipinski definition) is 2. The summed E-state index contributed by atoms with van der Waals surface area (Å²) in [5, 5.41) is 22.7. The number of hydrogen-bond acceptors (Lipinski definition) is 4. The molecule has 0 aliphatic carbocycles. The van der Waals surface area contributed by atoms with E-state index < -0.39 is 12.1 Å². The molecule has 1 saturated heterocycles. The number of rotatable bonds is 11. The Kier molecular flexibility index (Phi) is 8.48. The van der Waals surface area contributed by atoms with Crippen molar-refractivity contribution in [3.05, 3.63) is 47.5 Å². The highest BCUT2D eigenvalue weighted by molar-refractivity contribution is 5.87. The monoisotopic (exact) mass is 374 g/mol. The molecule has 2 N–H and O–H groups in total. The minimum atomic E-state index is -0.939. The summed E-state index contributed by atoms with van der Waals surface area (Å²) >= 11 is 0. The van der Waals surface area contributed by atoms with Gasteiger partial charge in [0.2, 0.25) is 5.91 Å². The maximum atomic E-state index is 12.2. The van der Waals surface area contributed by atoms with Crippen molar-refractivity contribution >= 4 is 11.9 Å². The fourth-order valence-electron chi connectivity index (χ4n) is 3.18. The number of amides is 1. The van der Waals surface area contributed by atoms with Crippen LogP contribution in [0.4, 0.5) is 0 Å². The maximum Gasteiger partial charge on any atom is 0.335 e. The fourth-order valence-corrected chi connectivity index (χ4v) is 3.18. The van der Waals surface area contributed by atoms with Crippen molar-refractivity contribution in [2.24, 2.45) is 0 Å². The zero-order valence-corrected chi connectivity index (χ0v) is 16.0. The summed E-state index contributed by atoms with van der Waals surface area (Å²) in [7, 11) is 0. The minimum Gasteiger partial charge on any atom is -0.478 e. The predicted molar refractivity (Wildman–Crippen MR) is 104 cm³/mol. The SMILES string of the molecule is CCCCCC(O)C=CCN1CCC(=O)N1CCc1ccc(C(=O)O)cc1. The fraction of sp³-hybridized carbons (Fsp3) is 0.524. The average molecular weight is 374 g/mol. The van der Waals surface area contributed by atoms with Gasteiger partial charge in [-0.1, -0.05) is 50.5 Å². The van der Waals surface area contributed by atoms with Gasteiger partial charge in [0.15, 0.2) is 0 Å². The lowest BCUT2D eigenvalue weighted by Gasteiger charge is -2.27. The molecule has 1 aliphatic heterocycles. The molecule has 1 atom stereocenters. The van der Waals surface area contributed by atoms with Crippen molar-refractivity contribution in [1.29, 1.82) is 0 Å². The van der Waals surface area contributed by atoms with E-state index in [0.29, 0.717) is 32.5 Å². The lowest BCUT2D eigenvalue weighted by atomic mass is 10.1. The minimum absolute atomic E-state index is 0.106. The van der Waals surface area contributed by atoms with Crippen LogP contribution in [0.1, 0.15) is 54.9 Å². The van der Waals surface area contributed by atoms with Crippen LogP contribution in [0.5, 0.6) is 0 Å². The van der Waals surface area contributed by atoms with E-state index in [1.165, 1.54) is 0 Å². The molecule has 1 aromatic rings. The topological polar surface area (TPSA) is 81.1 Å². The molecule has 148 valence electrons. The second kappa shape index (κ2) is 10.8. The number of aromatic carboxylic acids is 1. The smallest absolute Gasteiger partial charge is 0.335 e. The molecule has 1 heterocycles. The molecule has 0 spiro atoms. The van der Waals surface area contributed by atoms with Gasteiger partial charge >= 0.3 is 5.97 Å². The first kappa shape index (κ1) is 21.1. The normalized spacial score (nSPS) is 16.4. The molecule has 0 bridgehead atoms. The zero-order valence-electron chi connectivity index (χ0n) is 16.0. The highest BCUT2D eigenvalue weighted by Crippen LogP contribution is 2.14. The number of benzene rings is 1. The van der Waals surface area contributed by atoms with Crippen molar-refractivity contribution in [3.8, 4) is 0 Å². The number of aliphatic hydroxyl groups is 1. The van der Waals surface area contributed by atoms with Crippen LogP contribution in [-0.4, -0.2) is 57.8 Å². The molecular weight excluding hydrogens is 344 g/mol. The van der Waals surface area contributed by atoms with Gasteiger partial charge in [-0.05, 0) is 30.5 Å². The molecule has 27 heavy (non-hydrogen) atoms. The van der Waals surface area contributed by atoms with E-state index in [0.717, 1.165) is 31.2 Å². The van der Waals surface area contributed by atoms with Gasteiger partial charge in [0.05, 0.1) is 11.7 Å². The second-order valence-corrected chi connectivity index (χ2v) is 6.92. The molecule has 6 heteroatoms. The summed E-state index contributed by atoms with van der Waals surface area (Å²) in [5.74, 6) is -0.833. The maximum absolute atomic E-state index is 12.2. The molecule has 0 radical (unpaired) electrons. The summed E-state index contributed by atoms with van der Waals surface area (Å²) in [5.41, 5.74) is 1.27. The lowest BCUT2D eigenvalue weighted by Crippen LogP contribution is -2.40. The van der Waals surface area contributed by atoms with E-state index in [2.05, 4.69) is 6.92 Å². The van der Waals surface area contributed by atoms with Crippen molar-refractivity contribution in [3.63, 3.8) is 0 Å². The van der Waals surface area contributed by atoms with Crippen LogP contribution in [0.25, 0.3) is 0 Å². The van der Waals surface area contributed by atoms with Gasteiger partial charge in [-0.15, -0.1) is 0 Å². The first-order valence-electron chi connectivity index (χ1n) is 9.73. The molecule has 2 rings (SSSR count). The summed E-state index contributed by atoms with van der Waals surface area (Å²) in [6.45, 7) is 4.00. The number of carbonyl (C=O) groups is 2. The summed E-state index contributed by atoms with van der Waals surface area (Å²) in [6, 6.07) is 6.76. The van der Waals surface area contributed by atoms with Crippen LogP contribution in [0.2, 0.25) is 0 Å². The van der Waals surface area contributed by atoms with Crippen LogP contribution in [0.3, 0.4) is 0 Å². The quantitative estimate of drug-likeness (QED) is 0.460. The third-order valence-electron chi connectivity index (χ3n) is 4.80. The van der Waals surface area contributed by atoms with E-state index in [4.69, 9.17) is 5.11 Å². The third kappa shape index (κ3) is 6.81. The number of unbranched alkanes of at least 4 members (excludes halogenated alkanes) is 2. The Morgan fingerprint density at radius 1 is 1.26 bits per heavy atom. The highest BCUT2D eigenvalue weighted by Gasteiger charge is 2.27. The van der Waals surface area contributed by atoms with E-state index >= 15 is 0 Å². The Morgan fingerprint density at radius 3 is 2.67 bits per heavy atom. The lowest BCUT2D eigenvalue weighted by molar-refractivity contribution is -0.137. The van der Waals surface area contributed by atoms with Gasteiger partial charge in [0.1, 0.15) is 0 Å². The van der Waals surface area contributed by atoms with Crippen molar-refractivity contribution in [2.75, 3.05) is 19.6 Å². The largest absolute Gasteiger partial charge is 0.478 e. The predicted octanol–water partition coefficient (Wildman–Crippen LogP) is 2.87. The first-order valence-corrected chi connectivity index (χ1v) is 9.73. The third-order valence-corrected chi connectivity index (χ3v) is 4.80. The van der Waals surface area contributed by atoms with Crippen LogP contribution in [0, 0.1) is 0 Å². The Labute approximate surface area is 161 Å². The zero-order chi connectivity index (χ0) is 19.6. The van der Waals surface area contributed by atoms with E-state index in [-0.39, 0.29) is 11.5 Å². The van der Waals surface area contributed by atoms with Crippen molar-refractivity contribution in [1.82, 2.24) is 10.0 Å². The highest BCUT2D eigenvalue weighted by atomic mass is 16.4. The molecule has 1 aliphatic rings. The Balaban J connectivity index is 1.82. The number of carboxylic acid groups (broad SMARTS) is 1. The number of carboxylic acids is 1. The van der Waals surface area contributed by atoms with E-state index in [9.17, 15) is 14.7 Å². The number of carbonyl (C=O) groups excluding carboxylic acids is 1. The summed E-state index contributed by atoms with van der Waals surface area (Å²) in [6.07, 6.45) is 8.58. The van der Waals surface area contributed by atoms with Crippen molar-refractivity contribution < 1.29 is 19.8 Å². The molecule has 6 nitrogen and oxygen atoms in total. The van der Waals surface area contributed by atoms with Gasteiger partial charge in [0.25, 0.3) is 0 Å². The van der Waals surface area contributed by atoms with Crippen LogP contribution < -0.4 is 0 Å². The molecule has 1 unspecified atom stereocenters. The Morgan fingerprint density at radius 2 is 2.00 bits per heavy atom.